The Kier molecular flexibility index (Phi) is 2.11. The number of hydrogen-bond donors (Lipinski definition) is 1. The van der Waals surface area contributed by atoms with E-state index in [-0.39, 0.29) is 0 Å². The zero-order valence-electron chi connectivity index (χ0n) is 6.36. The molecule has 1 amide bonds. The third-order valence-corrected chi connectivity index (χ3v) is 1.65. The Labute approximate surface area is 64.0 Å². The van der Waals surface area contributed by atoms with E-state index < -0.39 is 11.8 Å². The molecule has 0 spiro atoms. The van der Waals surface area contributed by atoms with Crippen LogP contribution in [0.5, 0.6) is 0 Å². The molecule has 0 atom stereocenters. The van der Waals surface area contributed by atoms with Gasteiger partial charge < -0.3 is 5.32 Å². The van der Waals surface area contributed by atoms with Crippen molar-refractivity contribution in [3.63, 3.8) is 0 Å². The Morgan fingerprint density at radius 1 is 1.64 bits per heavy atom. The van der Waals surface area contributed by atoms with Gasteiger partial charge in [0.05, 0.1) is 0 Å². The fraction of sp³-hybridized carbons (Fsp3) is 0.857. The number of nitrogens with one attached hydrogen (secondary N) is 1. The summed E-state index contributed by atoms with van der Waals surface area (Å²) >= 11 is 0. The molecule has 64 valence electrons. The van der Waals surface area contributed by atoms with Gasteiger partial charge in [0.1, 0.15) is 0 Å². The summed E-state index contributed by atoms with van der Waals surface area (Å²) in [6.07, 6.45) is 2.10. The van der Waals surface area contributed by atoms with Crippen molar-refractivity contribution in [1.29, 1.82) is 0 Å². The standard InChI is InChI=1S/C7H11F2NO/c1-7(8,9)6(11)10-4-5-2-3-5/h5H,2-4H2,1H3,(H,10,11). The summed E-state index contributed by atoms with van der Waals surface area (Å²) in [5.74, 6) is -3.94. The maximum absolute atomic E-state index is 12.2. The van der Waals surface area contributed by atoms with Crippen molar-refractivity contribution in [2.24, 2.45) is 5.92 Å². The van der Waals surface area contributed by atoms with Crippen molar-refractivity contribution < 1.29 is 13.6 Å². The first-order chi connectivity index (χ1) is 5.00. The summed E-state index contributed by atoms with van der Waals surface area (Å²) in [6.45, 7) is 1.01. The Morgan fingerprint density at radius 2 is 2.18 bits per heavy atom. The fourth-order valence-corrected chi connectivity index (χ4v) is 0.714. The number of halogens is 2. The van der Waals surface area contributed by atoms with Gasteiger partial charge in [-0.15, -0.1) is 0 Å². The molecule has 1 aliphatic rings. The Balaban J connectivity index is 2.19. The van der Waals surface area contributed by atoms with Crippen LogP contribution in [0.15, 0.2) is 0 Å². The second-order valence-corrected chi connectivity index (χ2v) is 3.04. The van der Waals surface area contributed by atoms with Crippen molar-refractivity contribution >= 4 is 5.91 Å². The molecule has 0 saturated heterocycles. The summed E-state index contributed by atoms with van der Waals surface area (Å²) in [5.41, 5.74) is 0. The highest BCUT2D eigenvalue weighted by Crippen LogP contribution is 2.27. The normalized spacial score (nSPS) is 18.1. The van der Waals surface area contributed by atoms with E-state index in [0.29, 0.717) is 19.4 Å². The molecule has 0 bridgehead atoms. The molecular weight excluding hydrogens is 152 g/mol. The van der Waals surface area contributed by atoms with Crippen molar-refractivity contribution in [3.05, 3.63) is 0 Å². The van der Waals surface area contributed by atoms with Crippen molar-refractivity contribution in [2.45, 2.75) is 25.7 Å². The molecule has 0 unspecified atom stereocenters. The van der Waals surface area contributed by atoms with E-state index in [1.807, 2.05) is 0 Å². The smallest absolute Gasteiger partial charge is 0.321 e. The Morgan fingerprint density at radius 3 is 2.55 bits per heavy atom. The molecular formula is C7H11F2NO. The van der Waals surface area contributed by atoms with Crippen LogP contribution in [0.3, 0.4) is 0 Å². The first kappa shape index (κ1) is 8.43. The molecule has 0 radical (unpaired) electrons. The van der Waals surface area contributed by atoms with Crippen molar-refractivity contribution in [3.8, 4) is 0 Å². The molecule has 0 heterocycles. The zero-order valence-corrected chi connectivity index (χ0v) is 6.36. The van der Waals surface area contributed by atoms with Crippen LogP contribution < -0.4 is 5.32 Å². The molecule has 0 aliphatic heterocycles. The number of hydrogen-bond acceptors (Lipinski definition) is 1. The fourth-order valence-electron chi connectivity index (χ4n) is 0.714. The number of carbonyl (C=O) groups excluding carboxylic acids is 1. The number of carbonyl (C=O) groups is 1. The van der Waals surface area contributed by atoms with Gasteiger partial charge in [0, 0.05) is 13.5 Å². The van der Waals surface area contributed by atoms with E-state index in [2.05, 4.69) is 5.32 Å². The van der Waals surface area contributed by atoms with Crippen LogP contribution in [-0.2, 0) is 4.79 Å². The third kappa shape index (κ3) is 2.82. The van der Waals surface area contributed by atoms with Gasteiger partial charge in [-0.3, -0.25) is 4.79 Å². The van der Waals surface area contributed by atoms with Crippen LogP contribution in [0, 0.1) is 5.92 Å². The summed E-state index contributed by atoms with van der Waals surface area (Å²) in [5, 5.41) is 2.20. The third-order valence-electron chi connectivity index (χ3n) is 1.65. The van der Waals surface area contributed by atoms with E-state index in [4.69, 9.17) is 0 Å². The molecule has 11 heavy (non-hydrogen) atoms. The van der Waals surface area contributed by atoms with E-state index >= 15 is 0 Å². The van der Waals surface area contributed by atoms with Crippen LogP contribution in [0.25, 0.3) is 0 Å². The molecule has 1 fully saturated rings. The van der Waals surface area contributed by atoms with Crippen LogP contribution in [0.4, 0.5) is 8.78 Å². The van der Waals surface area contributed by atoms with Crippen molar-refractivity contribution in [1.82, 2.24) is 5.32 Å². The molecule has 1 saturated carbocycles. The zero-order chi connectivity index (χ0) is 8.48. The number of alkyl halides is 2. The first-order valence-corrected chi connectivity index (χ1v) is 3.66. The van der Waals surface area contributed by atoms with E-state index in [1.54, 1.807) is 0 Å². The lowest BCUT2D eigenvalue weighted by atomic mass is 10.3. The largest absolute Gasteiger partial charge is 0.351 e. The molecule has 2 nitrogen and oxygen atoms in total. The first-order valence-electron chi connectivity index (χ1n) is 3.66. The van der Waals surface area contributed by atoms with Gasteiger partial charge in [0.25, 0.3) is 5.91 Å². The van der Waals surface area contributed by atoms with Gasteiger partial charge >= 0.3 is 5.92 Å². The molecule has 4 heteroatoms. The van der Waals surface area contributed by atoms with Gasteiger partial charge in [-0.25, -0.2) is 0 Å². The average molecular weight is 163 g/mol. The SMILES string of the molecule is CC(F)(F)C(=O)NCC1CC1. The van der Waals surface area contributed by atoms with Crippen LogP contribution in [0.1, 0.15) is 19.8 Å². The van der Waals surface area contributed by atoms with Gasteiger partial charge in [0.15, 0.2) is 0 Å². The van der Waals surface area contributed by atoms with Crippen LogP contribution >= 0.6 is 0 Å². The number of amides is 1. The highest BCUT2D eigenvalue weighted by molar-refractivity contribution is 5.82. The quantitative estimate of drug-likeness (QED) is 0.664. The van der Waals surface area contributed by atoms with Gasteiger partial charge in [-0.1, -0.05) is 0 Å². The maximum atomic E-state index is 12.2. The van der Waals surface area contributed by atoms with E-state index in [1.165, 1.54) is 0 Å². The van der Waals surface area contributed by atoms with E-state index in [0.717, 1.165) is 12.8 Å². The summed E-state index contributed by atoms with van der Waals surface area (Å²) < 4.78 is 24.3. The maximum Gasteiger partial charge on any atom is 0.321 e. The molecule has 1 rings (SSSR count). The minimum absolute atomic E-state index is 0.405. The Hall–Kier alpha value is -0.670. The van der Waals surface area contributed by atoms with Gasteiger partial charge in [0.2, 0.25) is 0 Å². The summed E-state index contributed by atoms with van der Waals surface area (Å²) in [6, 6.07) is 0. The minimum Gasteiger partial charge on any atom is -0.351 e. The predicted molar refractivity (Wildman–Crippen MR) is 36.4 cm³/mol. The lowest BCUT2D eigenvalue weighted by molar-refractivity contribution is -0.143. The van der Waals surface area contributed by atoms with E-state index in [9.17, 15) is 13.6 Å². The second kappa shape index (κ2) is 2.75. The number of rotatable bonds is 3. The lowest BCUT2D eigenvalue weighted by Gasteiger charge is -2.09. The highest BCUT2D eigenvalue weighted by atomic mass is 19.3. The van der Waals surface area contributed by atoms with Gasteiger partial charge in [-0.2, -0.15) is 8.78 Å². The van der Waals surface area contributed by atoms with Crippen molar-refractivity contribution in [2.75, 3.05) is 6.54 Å². The minimum atomic E-state index is -3.23. The molecule has 0 aromatic rings. The molecule has 0 aromatic heterocycles. The lowest BCUT2D eigenvalue weighted by Crippen LogP contribution is -2.38. The average Bonchev–Trinajstić information content (AvgIpc) is 2.62. The summed E-state index contributed by atoms with van der Waals surface area (Å²) in [7, 11) is 0. The molecule has 0 aromatic carbocycles. The molecule has 1 aliphatic carbocycles. The van der Waals surface area contributed by atoms with Gasteiger partial charge in [-0.05, 0) is 18.8 Å². The van der Waals surface area contributed by atoms with Crippen LogP contribution in [0.2, 0.25) is 0 Å². The summed E-state index contributed by atoms with van der Waals surface area (Å²) in [4.78, 5) is 10.5. The Bertz CT molecular complexity index is 160. The predicted octanol–water partition coefficient (Wildman–Crippen LogP) is 1.17. The highest BCUT2D eigenvalue weighted by Gasteiger charge is 2.33. The second-order valence-electron chi connectivity index (χ2n) is 3.04. The molecule has 1 N–H and O–H groups in total. The van der Waals surface area contributed by atoms with Crippen LogP contribution in [-0.4, -0.2) is 18.4 Å². The topological polar surface area (TPSA) is 29.1 Å². The monoisotopic (exact) mass is 163 g/mol.